The van der Waals surface area contributed by atoms with Gasteiger partial charge in [-0.15, -0.1) is 0 Å². The molecule has 0 radical (unpaired) electrons. The van der Waals surface area contributed by atoms with Crippen molar-refractivity contribution in [2.24, 2.45) is 0 Å². The van der Waals surface area contributed by atoms with Gasteiger partial charge >= 0.3 is 17.9 Å². The fraction of sp³-hybridized carbons (Fsp3) is 0.571. The molecule has 0 heterocycles. The molecule has 0 aromatic rings. The molecule has 6 heteroatoms. The highest BCUT2D eigenvalue weighted by atomic mass is 16.6. The lowest BCUT2D eigenvalue weighted by atomic mass is 10.1. The Kier molecular flexibility index (Phi) is 64.4. The summed E-state index contributed by atoms with van der Waals surface area (Å²) in [6, 6.07) is 0. The van der Waals surface area contributed by atoms with Crippen LogP contribution in [0.3, 0.4) is 0 Å². The van der Waals surface area contributed by atoms with Gasteiger partial charge in [0, 0.05) is 19.3 Å². The third kappa shape index (κ3) is 67.2. The average Bonchev–Trinajstić information content (AvgIpc) is 3.49. The first-order valence-corrected chi connectivity index (χ1v) is 33.3. The number of hydrogen-bond donors (Lipinski definition) is 0. The topological polar surface area (TPSA) is 78.9 Å². The number of ether oxygens (including phenoxy) is 3. The normalized spacial score (nSPS) is 13.3. The van der Waals surface area contributed by atoms with E-state index in [0.29, 0.717) is 25.7 Å². The van der Waals surface area contributed by atoms with Gasteiger partial charge in [0.2, 0.25) is 0 Å². The second-order valence-corrected chi connectivity index (χ2v) is 21.3. The SMILES string of the molecule is CC/C=C\C/C=C\C/C=C\C/C=C\C/C=C\C/C=C\C/C=C\C/C=C\C/C=C\CCCCCCCC(=O)OCC(COC(=O)CCCC/C=C\C/C=C\C/C=C\C/C=C\CC)OC(=O)CCCCCCCCC/C=C\C/C=C\CCCCC. The smallest absolute Gasteiger partial charge is 0.306 e. The predicted molar refractivity (Wildman–Crippen MR) is 361 cm³/mol. The third-order valence-electron chi connectivity index (χ3n) is 13.4. The van der Waals surface area contributed by atoms with Crippen molar-refractivity contribution in [1.29, 1.82) is 0 Å². The molecule has 0 aromatic heterocycles. The van der Waals surface area contributed by atoms with Crippen molar-refractivity contribution in [1.82, 2.24) is 0 Å². The lowest BCUT2D eigenvalue weighted by Crippen LogP contribution is -2.30. The fourth-order valence-corrected chi connectivity index (χ4v) is 8.46. The van der Waals surface area contributed by atoms with Gasteiger partial charge in [-0.05, 0) is 161 Å². The van der Waals surface area contributed by atoms with Gasteiger partial charge in [0.25, 0.3) is 0 Å². The van der Waals surface area contributed by atoms with Crippen LogP contribution in [0.2, 0.25) is 0 Å². The van der Waals surface area contributed by atoms with E-state index in [9.17, 15) is 14.4 Å². The zero-order chi connectivity index (χ0) is 59.9. The van der Waals surface area contributed by atoms with Gasteiger partial charge in [-0.3, -0.25) is 14.4 Å². The Morgan fingerprint density at radius 3 is 0.759 bits per heavy atom. The van der Waals surface area contributed by atoms with Gasteiger partial charge < -0.3 is 14.2 Å². The Bertz CT molecular complexity index is 1940. The zero-order valence-electron chi connectivity index (χ0n) is 53.1. The van der Waals surface area contributed by atoms with E-state index in [1.165, 1.54) is 51.4 Å². The van der Waals surface area contributed by atoms with Gasteiger partial charge in [0.1, 0.15) is 13.2 Å². The van der Waals surface area contributed by atoms with Crippen LogP contribution in [0.1, 0.15) is 265 Å². The van der Waals surface area contributed by atoms with Crippen LogP contribution in [0.4, 0.5) is 0 Å². The van der Waals surface area contributed by atoms with Crippen LogP contribution < -0.4 is 0 Å². The summed E-state index contributed by atoms with van der Waals surface area (Å²) in [6.07, 6.45) is 103. The molecule has 0 spiro atoms. The fourth-order valence-electron chi connectivity index (χ4n) is 8.46. The molecule has 464 valence electrons. The van der Waals surface area contributed by atoms with Gasteiger partial charge in [0.05, 0.1) is 0 Å². The van der Waals surface area contributed by atoms with E-state index in [4.69, 9.17) is 14.2 Å². The average molecular weight is 1140 g/mol. The van der Waals surface area contributed by atoms with Crippen LogP contribution >= 0.6 is 0 Å². The molecule has 0 fully saturated rings. The number of esters is 3. The largest absolute Gasteiger partial charge is 0.462 e. The van der Waals surface area contributed by atoms with Crippen LogP contribution in [0.15, 0.2) is 182 Å². The van der Waals surface area contributed by atoms with Crippen LogP contribution in [-0.2, 0) is 28.6 Å². The minimum atomic E-state index is -0.819. The van der Waals surface area contributed by atoms with Gasteiger partial charge in [0.15, 0.2) is 6.10 Å². The number of hydrogen-bond acceptors (Lipinski definition) is 6. The van der Waals surface area contributed by atoms with E-state index in [1.807, 2.05) is 0 Å². The Labute approximate surface area is 510 Å². The summed E-state index contributed by atoms with van der Waals surface area (Å²) in [5.74, 6) is -0.986. The maximum atomic E-state index is 12.9. The second kappa shape index (κ2) is 69.0. The second-order valence-electron chi connectivity index (χ2n) is 21.3. The van der Waals surface area contributed by atoms with Crippen molar-refractivity contribution in [3.05, 3.63) is 182 Å². The number of unbranched alkanes of at least 4 members (excludes halogenated alkanes) is 17. The minimum absolute atomic E-state index is 0.113. The lowest BCUT2D eigenvalue weighted by molar-refractivity contribution is -0.167. The molecule has 0 aliphatic heterocycles. The van der Waals surface area contributed by atoms with Gasteiger partial charge in [-0.2, -0.15) is 0 Å². The Morgan fingerprint density at radius 2 is 0.470 bits per heavy atom. The molecular weight excluding hydrogens is 1020 g/mol. The Hall–Kier alpha value is -5.49. The van der Waals surface area contributed by atoms with Crippen molar-refractivity contribution >= 4 is 17.9 Å². The number of carbonyl (C=O) groups excluding carboxylic acids is 3. The van der Waals surface area contributed by atoms with Crippen molar-refractivity contribution in [2.45, 2.75) is 271 Å². The highest BCUT2D eigenvalue weighted by Crippen LogP contribution is 2.14. The zero-order valence-corrected chi connectivity index (χ0v) is 53.1. The molecule has 0 aromatic carbocycles. The first-order valence-electron chi connectivity index (χ1n) is 33.3. The molecule has 1 atom stereocenters. The van der Waals surface area contributed by atoms with Crippen LogP contribution in [-0.4, -0.2) is 37.2 Å². The standard InChI is InChI=1S/C77H120O6/c1-4-7-10-13-16-19-22-25-28-30-31-32-33-34-35-36-37-38-39-40-41-42-43-44-45-47-49-52-55-58-61-64-67-70-76(79)82-73-74(72-81-75(78)69-66-63-60-57-54-51-48-27-24-21-18-15-12-9-6-3)83-77(80)71-68-65-62-59-56-53-50-46-29-26-23-20-17-14-11-8-5-2/h7,9-10,12,16-21,25-29,31-32,34-35,37-38,40-41,43-44,47-49,54,57,74H,4-6,8,11,13-15,22-24,30,33,36,39,42,45-46,50-53,55-56,58-73H2,1-3H3/b10-7-,12-9-,19-16-,20-17-,21-18-,28-25-,29-26-,32-31-,35-34-,38-37-,41-40-,44-43-,48-27-,49-47-,57-54-. The molecule has 0 saturated heterocycles. The van der Waals surface area contributed by atoms with Crippen molar-refractivity contribution in [2.75, 3.05) is 13.2 Å². The highest BCUT2D eigenvalue weighted by molar-refractivity contribution is 5.71. The molecule has 1 unspecified atom stereocenters. The Balaban J connectivity index is 4.42. The molecular formula is C77H120O6. The van der Waals surface area contributed by atoms with Crippen molar-refractivity contribution in [3.8, 4) is 0 Å². The maximum Gasteiger partial charge on any atom is 0.306 e. The van der Waals surface area contributed by atoms with Gasteiger partial charge in [-0.1, -0.05) is 267 Å². The molecule has 0 aliphatic carbocycles. The molecule has 6 nitrogen and oxygen atoms in total. The summed E-state index contributed by atoms with van der Waals surface area (Å²) in [6.45, 7) is 6.32. The molecule has 0 amide bonds. The van der Waals surface area contributed by atoms with E-state index in [-0.39, 0.29) is 31.1 Å². The highest BCUT2D eigenvalue weighted by Gasteiger charge is 2.19. The maximum absolute atomic E-state index is 12.9. The van der Waals surface area contributed by atoms with E-state index >= 15 is 0 Å². The minimum Gasteiger partial charge on any atom is -0.462 e. The predicted octanol–water partition coefficient (Wildman–Crippen LogP) is 23.2. The summed E-state index contributed by atoms with van der Waals surface area (Å²) < 4.78 is 16.9. The molecule has 0 aliphatic rings. The van der Waals surface area contributed by atoms with Crippen molar-refractivity contribution in [3.63, 3.8) is 0 Å². The monoisotopic (exact) mass is 1140 g/mol. The summed E-state index contributed by atoms with van der Waals surface area (Å²) in [7, 11) is 0. The Morgan fingerprint density at radius 1 is 0.253 bits per heavy atom. The summed E-state index contributed by atoms with van der Waals surface area (Å²) in [5, 5.41) is 0. The quantitative estimate of drug-likeness (QED) is 0.0261. The van der Waals surface area contributed by atoms with E-state index < -0.39 is 6.10 Å². The van der Waals surface area contributed by atoms with Crippen LogP contribution in [0, 0.1) is 0 Å². The summed E-state index contributed by atoms with van der Waals surface area (Å²) in [4.78, 5) is 38.3. The molecule has 83 heavy (non-hydrogen) atoms. The van der Waals surface area contributed by atoms with Crippen LogP contribution in [0.25, 0.3) is 0 Å². The van der Waals surface area contributed by atoms with Crippen molar-refractivity contribution < 1.29 is 28.6 Å². The molecule has 0 saturated carbocycles. The molecule has 0 bridgehead atoms. The first-order chi connectivity index (χ1) is 41.0. The number of rotatable bonds is 58. The lowest BCUT2D eigenvalue weighted by Gasteiger charge is -2.18. The first kappa shape index (κ1) is 77.5. The van der Waals surface area contributed by atoms with E-state index in [0.717, 1.165) is 167 Å². The summed E-state index contributed by atoms with van der Waals surface area (Å²) in [5.41, 5.74) is 0. The molecule has 0 rings (SSSR count). The summed E-state index contributed by atoms with van der Waals surface area (Å²) >= 11 is 0. The van der Waals surface area contributed by atoms with E-state index in [1.54, 1.807) is 0 Å². The number of carbonyl (C=O) groups is 3. The molecule has 0 N–H and O–H groups in total. The van der Waals surface area contributed by atoms with Crippen LogP contribution in [0.5, 0.6) is 0 Å². The number of allylic oxidation sites excluding steroid dienone is 30. The van der Waals surface area contributed by atoms with Gasteiger partial charge in [-0.25, -0.2) is 0 Å². The third-order valence-corrected chi connectivity index (χ3v) is 13.4. The van der Waals surface area contributed by atoms with E-state index in [2.05, 4.69) is 203 Å².